The maximum absolute atomic E-state index is 9.55. The highest BCUT2D eigenvalue weighted by Crippen LogP contribution is 2.37. The summed E-state index contributed by atoms with van der Waals surface area (Å²) < 4.78 is 0. The van der Waals surface area contributed by atoms with Gasteiger partial charge in [0.15, 0.2) is 0 Å². The SMILES string of the molecule is CNCCCC1c2ccccc2C=Cc2ccccc21.O=C(O)/C=C\C(=O)O. The molecule has 3 N–H and O–H groups in total. The summed E-state index contributed by atoms with van der Waals surface area (Å²) in [5.41, 5.74) is 5.64. The van der Waals surface area contributed by atoms with Gasteiger partial charge in [-0.25, -0.2) is 9.59 Å². The number of carboxylic acids is 2. The predicted molar refractivity (Wildman–Crippen MR) is 111 cm³/mol. The molecule has 0 amide bonds. The highest BCUT2D eigenvalue weighted by molar-refractivity contribution is 5.89. The molecule has 0 saturated carbocycles. The number of carbonyl (C=O) groups is 2. The maximum Gasteiger partial charge on any atom is 0.328 e. The molecule has 28 heavy (non-hydrogen) atoms. The van der Waals surface area contributed by atoms with Gasteiger partial charge in [-0.3, -0.25) is 0 Å². The van der Waals surface area contributed by atoms with Crippen LogP contribution in [-0.4, -0.2) is 35.7 Å². The second-order valence-electron chi connectivity index (χ2n) is 6.40. The van der Waals surface area contributed by atoms with E-state index in [4.69, 9.17) is 10.2 Å². The first-order chi connectivity index (χ1) is 13.5. The van der Waals surface area contributed by atoms with E-state index in [1.54, 1.807) is 0 Å². The number of rotatable bonds is 6. The lowest BCUT2D eigenvalue weighted by Gasteiger charge is -2.20. The summed E-state index contributed by atoms with van der Waals surface area (Å²) in [4.78, 5) is 19.1. The summed E-state index contributed by atoms with van der Waals surface area (Å²) in [5.74, 6) is -2.01. The van der Waals surface area contributed by atoms with Crippen LogP contribution in [0.1, 0.15) is 41.0 Å². The van der Waals surface area contributed by atoms with Gasteiger partial charge in [0.1, 0.15) is 0 Å². The van der Waals surface area contributed by atoms with Crippen LogP contribution in [-0.2, 0) is 9.59 Å². The van der Waals surface area contributed by atoms with Gasteiger partial charge in [0.25, 0.3) is 0 Å². The second kappa shape index (κ2) is 10.8. The Morgan fingerprint density at radius 1 is 0.893 bits per heavy atom. The Morgan fingerprint density at radius 2 is 1.36 bits per heavy atom. The molecule has 0 spiro atoms. The van der Waals surface area contributed by atoms with Crippen molar-refractivity contribution in [3.63, 3.8) is 0 Å². The number of fused-ring (bicyclic) bond motifs is 2. The van der Waals surface area contributed by atoms with E-state index in [-0.39, 0.29) is 0 Å². The van der Waals surface area contributed by atoms with E-state index >= 15 is 0 Å². The number of hydrogen-bond acceptors (Lipinski definition) is 3. The van der Waals surface area contributed by atoms with E-state index in [9.17, 15) is 9.59 Å². The molecule has 5 nitrogen and oxygen atoms in total. The number of carboxylic acid groups (broad SMARTS) is 2. The van der Waals surface area contributed by atoms with Gasteiger partial charge in [-0.1, -0.05) is 60.7 Å². The molecule has 0 atom stereocenters. The molecule has 2 aromatic rings. The van der Waals surface area contributed by atoms with Crippen LogP contribution in [0.2, 0.25) is 0 Å². The van der Waals surface area contributed by atoms with Crippen LogP contribution in [0.4, 0.5) is 0 Å². The van der Waals surface area contributed by atoms with Crippen LogP contribution in [0.5, 0.6) is 0 Å². The number of nitrogens with one attached hydrogen (secondary N) is 1. The highest BCUT2D eigenvalue weighted by atomic mass is 16.4. The minimum absolute atomic E-state index is 0.505. The number of benzene rings is 2. The molecular formula is C23H25NO4. The van der Waals surface area contributed by atoms with E-state index in [1.165, 1.54) is 35.1 Å². The van der Waals surface area contributed by atoms with Crippen molar-refractivity contribution in [3.05, 3.63) is 82.9 Å². The predicted octanol–water partition coefficient (Wildman–Crippen LogP) is 4.01. The standard InChI is InChI=1S/C19H21N.C4H4O4/c1-20-14-6-11-19-17-9-4-2-7-15(17)12-13-16-8-3-5-10-18(16)19;5-3(6)1-2-4(7)8/h2-5,7-10,12-13,19-20H,6,11,14H2,1H3;1-2H,(H,5,6)(H,7,8)/b;2-1-. The van der Waals surface area contributed by atoms with Crippen molar-refractivity contribution in [1.29, 1.82) is 0 Å². The van der Waals surface area contributed by atoms with Gasteiger partial charge < -0.3 is 15.5 Å². The zero-order valence-corrected chi connectivity index (χ0v) is 15.8. The molecule has 5 heteroatoms. The van der Waals surface area contributed by atoms with Crippen molar-refractivity contribution in [1.82, 2.24) is 5.32 Å². The molecule has 2 aromatic carbocycles. The molecular weight excluding hydrogens is 354 g/mol. The minimum atomic E-state index is -1.26. The largest absolute Gasteiger partial charge is 0.478 e. The Bertz CT molecular complexity index is 805. The zero-order valence-electron chi connectivity index (χ0n) is 15.8. The molecule has 146 valence electrons. The lowest BCUT2D eigenvalue weighted by atomic mass is 9.84. The van der Waals surface area contributed by atoms with Gasteiger partial charge in [-0.2, -0.15) is 0 Å². The highest BCUT2D eigenvalue weighted by Gasteiger charge is 2.20. The van der Waals surface area contributed by atoms with Crippen LogP contribution in [0.3, 0.4) is 0 Å². The second-order valence-corrected chi connectivity index (χ2v) is 6.40. The first kappa shape index (κ1) is 21.1. The van der Waals surface area contributed by atoms with E-state index in [0.29, 0.717) is 18.1 Å². The van der Waals surface area contributed by atoms with Crippen LogP contribution in [0.15, 0.2) is 60.7 Å². The topological polar surface area (TPSA) is 86.6 Å². The van der Waals surface area contributed by atoms with Gasteiger partial charge in [-0.05, 0) is 48.7 Å². The number of aliphatic carboxylic acids is 2. The molecule has 0 radical (unpaired) electrons. The van der Waals surface area contributed by atoms with E-state index < -0.39 is 11.9 Å². The molecule has 1 aliphatic carbocycles. The van der Waals surface area contributed by atoms with Crippen molar-refractivity contribution < 1.29 is 19.8 Å². The number of hydrogen-bond donors (Lipinski definition) is 3. The van der Waals surface area contributed by atoms with Crippen LogP contribution < -0.4 is 5.32 Å². The molecule has 1 aliphatic rings. The monoisotopic (exact) mass is 379 g/mol. The molecule has 3 rings (SSSR count). The fourth-order valence-corrected chi connectivity index (χ4v) is 3.24. The van der Waals surface area contributed by atoms with Crippen LogP contribution >= 0.6 is 0 Å². The van der Waals surface area contributed by atoms with Gasteiger partial charge in [0.05, 0.1) is 0 Å². The molecule has 0 heterocycles. The normalized spacial score (nSPS) is 12.5. The molecule has 0 aromatic heterocycles. The van der Waals surface area contributed by atoms with Crippen molar-refractivity contribution in [2.75, 3.05) is 13.6 Å². The smallest absolute Gasteiger partial charge is 0.328 e. The van der Waals surface area contributed by atoms with E-state index in [2.05, 4.69) is 66.0 Å². The summed E-state index contributed by atoms with van der Waals surface area (Å²) in [6, 6.07) is 17.6. The van der Waals surface area contributed by atoms with Crippen LogP contribution in [0, 0.1) is 0 Å². The molecule has 0 fully saturated rings. The summed E-state index contributed by atoms with van der Waals surface area (Å²) in [5, 5.41) is 18.9. The van der Waals surface area contributed by atoms with Gasteiger partial charge in [-0.15, -0.1) is 0 Å². The Kier molecular flexibility index (Phi) is 8.18. The Balaban J connectivity index is 0.000000300. The molecule has 0 unspecified atom stereocenters. The Hall–Kier alpha value is -3.18. The zero-order chi connectivity index (χ0) is 20.4. The summed E-state index contributed by atoms with van der Waals surface area (Å²) >= 11 is 0. The lowest BCUT2D eigenvalue weighted by molar-refractivity contribution is -0.134. The fraction of sp³-hybridized carbons (Fsp3) is 0.217. The van der Waals surface area contributed by atoms with Crippen molar-refractivity contribution in [3.8, 4) is 0 Å². The third-order valence-electron chi connectivity index (χ3n) is 4.47. The third-order valence-corrected chi connectivity index (χ3v) is 4.47. The summed E-state index contributed by atoms with van der Waals surface area (Å²) in [6.45, 7) is 1.08. The fourth-order valence-electron chi connectivity index (χ4n) is 3.24. The average Bonchev–Trinajstić information content (AvgIpc) is 2.85. The van der Waals surface area contributed by atoms with Crippen LogP contribution in [0.25, 0.3) is 12.2 Å². The quantitative estimate of drug-likeness (QED) is 0.521. The van der Waals surface area contributed by atoms with Gasteiger partial charge >= 0.3 is 11.9 Å². The summed E-state index contributed by atoms with van der Waals surface area (Å²) in [7, 11) is 2.02. The van der Waals surface area contributed by atoms with Crippen molar-refractivity contribution in [2.24, 2.45) is 0 Å². The third kappa shape index (κ3) is 6.21. The van der Waals surface area contributed by atoms with Crippen molar-refractivity contribution >= 4 is 24.1 Å². The summed E-state index contributed by atoms with van der Waals surface area (Å²) in [6.07, 6.45) is 8.02. The van der Waals surface area contributed by atoms with Gasteiger partial charge in [0, 0.05) is 18.1 Å². The lowest BCUT2D eigenvalue weighted by Crippen LogP contribution is -2.11. The first-order valence-corrected chi connectivity index (χ1v) is 9.17. The Morgan fingerprint density at radius 3 is 1.79 bits per heavy atom. The minimum Gasteiger partial charge on any atom is -0.478 e. The van der Waals surface area contributed by atoms with Gasteiger partial charge in [0.2, 0.25) is 0 Å². The molecule has 0 bridgehead atoms. The molecule has 0 saturated heterocycles. The van der Waals surface area contributed by atoms with E-state index in [1.807, 2.05) is 7.05 Å². The van der Waals surface area contributed by atoms with E-state index in [0.717, 1.165) is 6.54 Å². The maximum atomic E-state index is 9.55. The molecule has 0 aliphatic heterocycles. The Labute approximate surface area is 165 Å². The average molecular weight is 379 g/mol. The first-order valence-electron chi connectivity index (χ1n) is 9.17. The van der Waals surface area contributed by atoms with Crippen molar-refractivity contribution in [2.45, 2.75) is 18.8 Å².